The van der Waals surface area contributed by atoms with Gasteiger partial charge in [-0.3, -0.25) is 19.3 Å². The largest absolute Gasteiger partial charge is 0.510 e. The second-order valence-electron chi connectivity index (χ2n) is 11.3. The quantitative estimate of drug-likeness (QED) is 0.241. The molecular formula is C29H35N3O7. The van der Waals surface area contributed by atoms with Gasteiger partial charge in [-0.25, -0.2) is 0 Å². The van der Waals surface area contributed by atoms with Crippen molar-refractivity contribution in [2.75, 3.05) is 20.1 Å². The van der Waals surface area contributed by atoms with Gasteiger partial charge >= 0.3 is 0 Å². The van der Waals surface area contributed by atoms with Crippen LogP contribution in [0.5, 0.6) is 5.75 Å². The number of primary amides is 1. The van der Waals surface area contributed by atoms with E-state index in [-0.39, 0.29) is 29.2 Å². The number of allylic oxidation sites excluding steroid dienone is 1. The van der Waals surface area contributed by atoms with Gasteiger partial charge in [0.05, 0.1) is 11.6 Å². The highest BCUT2D eigenvalue weighted by Crippen LogP contribution is 2.52. The molecule has 0 saturated carbocycles. The van der Waals surface area contributed by atoms with E-state index in [0.29, 0.717) is 24.1 Å². The van der Waals surface area contributed by atoms with Crippen molar-refractivity contribution in [3.05, 3.63) is 63.1 Å². The number of amides is 1. The van der Waals surface area contributed by atoms with Crippen molar-refractivity contribution in [2.45, 2.75) is 57.2 Å². The number of carbonyl (C=O) groups excluding carboxylic acids is 3. The summed E-state index contributed by atoms with van der Waals surface area (Å²) in [5.41, 5.74) is 4.01. The van der Waals surface area contributed by atoms with E-state index in [0.717, 1.165) is 25.1 Å². The number of nitrogens with zero attached hydrogens (tertiary/aromatic N) is 1. The molecule has 0 spiro atoms. The molecule has 4 atom stereocenters. The van der Waals surface area contributed by atoms with Crippen molar-refractivity contribution in [1.82, 2.24) is 10.2 Å². The average molecular weight is 538 g/mol. The molecule has 10 nitrogen and oxygen atoms in total. The van der Waals surface area contributed by atoms with Gasteiger partial charge in [-0.2, -0.15) is 0 Å². The molecule has 1 aliphatic heterocycles. The maximum atomic E-state index is 14.1. The zero-order chi connectivity index (χ0) is 28.4. The number of Topliss-reactive ketones (excluding diaryl/α,β-unsaturated/α-hetero) is 2. The minimum atomic E-state index is -2.64. The van der Waals surface area contributed by atoms with Gasteiger partial charge in [0.25, 0.3) is 5.91 Å². The Morgan fingerprint density at radius 3 is 2.54 bits per heavy atom. The number of ketones is 2. The number of likely N-dealkylation sites (N-methyl/N-ethyl adjacent to an activating group) is 1. The van der Waals surface area contributed by atoms with Gasteiger partial charge in [-0.1, -0.05) is 32.1 Å². The van der Waals surface area contributed by atoms with Crippen LogP contribution in [0.1, 0.15) is 59.7 Å². The van der Waals surface area contributed by atoms with Crippen LogP contribution in [0.3, 0.4) is 0 Å². The molecule has 0 saturated heterocycles. The lowest BCUT2D eigenvalue weighted by Crippen LogP contribution is -2.63. The van der Waals surface area contributed by atoms with Gasteiger partial charge in [-0.15, -0.1) is 0 Å². The molecule has 1 heterocycles. The summed E-state index contributed by atoms with van der Waals surface area (Å²) in [6.07, 6.45) is 5.41. The lowest BCUT2D eigenvalue weighted by molar-refractivity contribution is -0.146. The van der Waals surface area contributed by atoms with Gasteiger partial charge in [0.15, 0.2) is 11.4 Å². The molecule has 1 aromatic carbocycles. The van der Waals surface area contributed by atoms with Crippen molar-refractivity contribution in [1.29, 1.82) is 0 Å². The van der Waals surface area contributed by atoms with Gasteiger partial charge in [0.1, 0.15) is 22.8 Å². The molecule has 0 bridgehead atoms. The Hall–Kier alpha value is -3.47. The summed E-state index contributed by atoms with van der Waals surface area (Å²) in [6.45, 7) is 6.00. The second kappa shape index (κ2) is 9.62. The zero-order valence-corrected chi connectivity index (χ0v) is 22.3. The number of nitrogens with two attached hydrogens (primary N) is 1. The summed E-state index contributed by atoms with van der Waals surface area (Å²) in [4.78, 5) is 41.6. The molecule has 0 radical (unpaired) electrons. The molecule has 0 aromatic heterocycles. The predicted octanol–water partition coefficient (Wildman–Crippen LogP) is 1.66. The molecule has 0 unspecified atom stereocenters. The third-order valence-electron chi connectivity index (χ3n) is 8.78. The summed E-state index contributed by atoms with van der Waals surface area (Å²) in [5, 5.41) is 48.0. The van der Waals surface area contributed by atoms with E-state index >= 15 is 0 Å². The van der Waals surface area contributed by atoms with Crippen LogP contribution in [0.25, 0.3) is 0 Å². The Morgan fingerprint density at radius 2 is 1.95 bits per heavy atom. The number of hydrogen-bond donors (Lipinski definition) is 6. The first kappa shape index (κ1) is 27.1. The first-order valence-corrected chi connectivity index (χ1v) is 13.3. The number of fused-ring (bicyclic) bond motifs is 3. The van der Waals surface area contributed by atoms with Crippen molar-refractivity contribution in [3.63, 3.8) is 0 Å². The Morgan fingerprint density at radius 1 is 1.23 bits per heavy atom. The van der Waals surface area contributed by atoms with Crippen molar-refractivity contribution in [2.24, 2.45) is 17.6 Å². The van der Waals surface area contributed by atoms with E-state index in [2.05, 4.69) is 22.4 Å². The van der Waals surface area contributed by atoms with Crippen LogP contribution >= 0.6 is 0 Å². The first-order valence-electron chi connectivity index (χ1n) is 13.3. The van der Waals surface area contributed by atoms with Gasteiger partial charge in [-0.05, 0) is 49.3 Å². The number of hydrogen-bond acceptors (Lipinski definition) is 9. The van der Waals surface area contributed by atoms with E-state index in [1.807, 2.05) is 19.9 Å². The third kappa shape index (κ3) is 3.92. The molecule has 10 heteroatoms. The number of carbonyl (C=O) groups is 3. The third-order valence-corrected chi connectivity index (χ3v) is 8.78. The SMILES string of the molecule is CN[C@H]1C(O)=C(C(N)=O)C(=O)[C@@]2(O)C(O)=C3C(=O)c4c(O)c(CN5CC=CCC5)cc(C(C)C)c4C[C@H]3C[C@@H]12. The highest BCUT2D eigenvalue weighted by molar-refractivity contribution is 6.24. The Balaban J connectivity index is 1.67. The Kier molecular flexibility index (Phi) is 6.69. The summed E-state index contributed by atoms with van der Waals surface area (Å²) < 4.78 is 0. The van der Waals surface area contributed by atoms with Crippen molar-refractivity contribution in [3.8, 4) is 5.75 Å². The lowest BCUT2D eigenvalue weighted by atomic mass is 9.58. The molecular weight excluding hydrogens is 502 g/mol. The van der Waals surface area contributed by atoms with Crippen LogP contribution < -0.4 is 11.1 Å². The van der Waals surface area contributed by atoms with Crippen LogP contribution in [0.4, 0.5) is 0 Å². The normalized spacial score (nSPS) is 29.0. The molecule has 1 amide bonds. The minimum absolute atomic E-state index is 0.0400. The molecule has 5 rings (SSSR count). The van der Waals surface area contributed by atoms with Gasteiger partial charge in [0, 0.05) is 36.7 Å². The number of nitrogens with one attached hydrogen (secondary N) is 1. The number of phenolic OH excluding ortho intramolecular Hbond substituents is 1. The summed E-state index contributed by atoms with van der Waals surface area (Å²) in [6, 6.07) is 0.890. The highest BCUT2D eigenvalue weighted by Gasteiger charge is 2.62. The Labute approximate surface area is 226 Å². The molecule has 39 heavy (non-hydrogen) atoms. The summed E-state index contributed by atoms with van der Waals surface area (Å²) in [7, 11) is 1.49. The number of aliphatic hydroxyl groups is 3. The molecule has 3 aliphatic carbocycles. The molecule has 0 fully saturated rings. The van der Waals surface area contributed by atoms with E-state index in [4.69, 9.17) is 5.73 Å². The number of phenols is 1. The molecule has 7 N–H and O–H groups in total. The maximum Gasteiger partial charge on any atom is 0.255 e. The first-order chi connectivity index (χ1) is 18.4. The molecule has 1 aromatic rings. The number of rotatable bonds is 5. The highest BCUT2D eigenvalue weighted by atomic mass is 16.3. The molecule has 4 aliphatic rings. The monoisotopic (exact) mass is 537 g/mol. The van der Waals surface area contributed by atoms with Crippen LogP contribution in [-0.4, -0.2) is 74.6 Å². The van der Waals surface area contributed by atoms with E-state index < -0.39 is 58.0 Å². The van der Waals surface area contributed by atoms with Crippen LogP contribution in [0, 0.1) is 11.8 Å². The summed E-state index contributed by atoms with van der Waals surface area (Å²) >= 11 is 0. The lowest BCUT2D eigenvalue weighted by Gasteiger charge is -2.48. The summed E-state index contributed by atoms with van der Waals surface area (Å²) in [5.74, 6) is -6.38. The number of benzene rings is 1. The zero-order valence-electron chi connectivity index (χ0n) is 22.3. The van der Waals surface area contributed by atoms with Gasteiger partial charge in [0.2, 0.25) is 5.78 Å². The predicted molar refractivity (Wildman–Crippen MR) is 142 cm³/mol. The average Bonchev–Trinajstić information content (AvgIpc) is 2.88. The fourth-order valence-electron chi connectivity index (χ4n) is 6.88. The van der Waals surface area contributed by atoms with Crippen molar-refractivity contribution >= 4 is 17.5 Å². The number of aliphatic hydroxyl groups excluding tert-OH is 2. The maximum absolute atomic E-state index is 14.1. The second-order valence-corrected chi connectivity index (χ2v) is 11.3. The minimum Gasteiger partial charge on any atom is -0.510 e. The van der Waals surface area contributed by atoms with Crippen LogP contribution in [0.2, 0.25) is 0 Å². The Bertz CT molecular complexity index is 1380. The fraction of sp³-hybridized carbons (Fsp3) is 0.483. The van der Waals surface area contributed by atoms with Crippen LogP contribution in [-0.2, 0) is 22.6 Å². The number of aromatic hydroxyl groups is 1. The standard InChI is InChI=1S/C29H35N3O7/c1-13(2)16-10-15(12-32-7-5-4-6-8-32)23(33)20-17(16)9-14-11-18-22(31-3)25(35)21(28(30)38)27(37)29(18,39)26(36)19(14)24(20)34/h4-5,10,13-14,18,22,31,33,35-36,39H,6-9,11-12H2,1-3H3,(H2,30,38)/t14-,18-,22+,29-/m0/s1. The fourth-order valence-corrected chi connectivity index (χ4v) is 6.88. The van der Waals surface area contributed by atoms with Crippen LogP contribution in [0.15, 0.2) is 40.9 Å². The topological polar surface area (TPSA) is 173 Å². The van der Waals surface area contributed by atoms with E-state index in [1.54, 1.807) is 0 Å². The van der Waals surface area contributed by atoms with Crippen molar-refractivity contribution < 1.29 is 34.8 Å². The van der Waals surface area contributed by atoms with E-state index in [1.165, 1.54) is 7.05 Å². The van der Waals surface area contributed by atoms with E-state index in [9.17, 15) is 34.8 Å². The van der Waals surface area contributed by atoms with Gasteiger partial charge < -0.3 is 31.5 Å². The smallest absolute Gasteiger partial charge is 0.255 e. The molecule has 208 valence electrons.